The first-order valence-corrected chi connectivity index (χ1v) is 6.36. The Bertz CT molecular complexity index is 415. The van der Waals surface area contributed by atoms with Crippen LogP contribution in [0.15, 0.2) is 12.1 Å². The van der Waals surface area contributed by atoms with Gasteiger partial charge in [-0.25, -0.2) is 0 Å². The van der Waals surface area contributed by atoms with E-state index in [1.165, 1.54) is 11.1 Å². The lowest BCUT2D eigenvalue weighted by Gasteiger charge is -2.30. The van der Waals surface area contributed by atoms with Crippen LogP contribution in [0.5, 0.6) is 5.75 Å². The smallest absolute Gasteiger partial charge is 0.124 e. The van der Waals surface area contributed by atoms with Gasteiger partial charge in [-0.2, -0.15) is 0 Å². The maximum Gasteiger partial charge on any atom is 0.124 e. The summed E-state index contributed by atoms with van der Waals surface area (Å²) in [5, 5.41) is 3.30. The number of hydrogen-bond acceptors (Lipinski definition) is 4. The van der Waals surface area contributed by atoms with Gasteiger partial charge in [-0.15, -0.1) is 0 Å². The van der Waals surface area contributed by atoms with Gasteiger partial charge in [0.25, 0.3) is 0 Å². The third-order valence-electron chi connectivity index (χ3n) is 3.56. The Morgan fingerprint density at radius 1 is 1.39 bits per heavy atom. The van der Waals surface area contributed by atoms with Crippen molar-refractivity contribution in [3.63, 3.8) is 0 Å². The zero-order valence-corrected chi connectivity index (χ0v) is 11.3. The van der Waals surface area contributed by atoms with Crippen LogP contribution in [-0.4, -0.2) is 32.9 Å². The Hall–Kier alpha value is -1.10. The highest BCUT2D eigenvalue weighted by Crippen LogP contribution is 2.30. The van der Waals surface area contributed by atoms with Crippen molar-refractivity contribution >= 4 is 0 Å². The van der Waals surface area contributed by atoms with Gasteiger partial charge in [0, 0.05) is 18.7 Å². The van der Waals surface area contributed by atoms with Crippen molar-refractivity contribution < 1.29 is 9.47 Å². The van der Waals surface area contributed by atoms with E-state index in [2.05, 4.69) is 25.2 Å². The van der Waals surface area contributed by atoms with Gasteiger partial charge in [0.2, 0.25) is 0 Å². The van der Waals surface area contributed by atoms with Gasteiger partial charge in [-0.1, -0.05) is 6.07 Å². The maximum atomic E-state index is 6.32. The average molecular weight is 250 g/mol. The van der Waals surface area contributed by atoms with E-state index in [9.17, 15) is 0 Å². The number of aryl methyl sites for hydroxylation is 2. The van der Waals surface area contributed by atoms with Crippen molar-refractivity contribution in [2.75, 3.05) is 26.8 Å². The Balaban J connectivity index is 2.27. The van der Waals surface area contributed by atoms with Gasteiger partial charge in [0.1, 0.15) is 5.75 Å². The molecule has 18 heavy (non-hydrogen) atoms. The fourth-order valence-corrected chi connectivity index (χ4v) is 2.27. The highest BCUT2D eigenvalue weighted by atomic mass is 16.5. The number of methoxy groups -OCH3 is 1. The predicted molar refractivity (Wildman–Crippen MR) is 72.0 cm³/mol. The molecule has 4 heteroatoms. The number of ether oxygens (including phenoxy) is 2. The van der Waals surface area contributed by atoms with E-state index in [0.717, 1.165) is 24.4 Å². The molecule has 1 aromatic rings. The molecular weight excluding hydrogens is 228 g/mol. The Morgan fingerprint density at radius 3 is 2.72 bits per heavy atom. The van der Waals surface area contributed by atoms with Crippen molar-refractivity contribution in [3.8, 4) is 5.75 Å². The van der Waals surface area contributed by atoms with Crippen LogP contribution in [0.1, 0.15) is 22.7 Å². The summed E-state index contributed by atoms with van der Waals surface area (Å²) < 4.78 is 11.2. The van der Waals surface area contributed by atoms with Gasteiger partial charge < -0.3 is 20.5 Å². The molecule has 0 radical (unpaired) electrons. The summed E-state index contributed by atoms with van der Waals surface area (Å²) in [5.74, 6) is 0.847. The summed E-state index contributed by atoms with van der Waals surface area (Å²) in [7, 11) is 1.68. The molecule has 2 atom stereocenters. The van der Waals surface area contributed by atoms with Crippen LogP contribution in [0.2, 0.25) is 0 Å². The first-order chi connectivity index (χ1) is 8.63. The summed E-state index contributed by atoms with van der Waals surface area (Å²) in [6, 6.07) is 3.99. The number of hydrogen-bond donors (Lipinski definition) is 2. The second-order valence-corrected chi connectivity index (χ2v) is 4.82. The van der Waals surface area contributed by atoms with Crippen LogP contribution >= 0.6 is 0 Å². The number of nitrogens with one attached hydrogen (secondary N) is 1. The van der Waals surface area contributed by atoms with Crippen molar-refractivity contribution in [2.45, 2.75) is 26.0 Å². The molecule has 4 nitrogen and oxygen atoms in total. The van der Waals surface area contributed by atoms with E-state index in [-0.39, 0.29) is 12.1 Å². The monoisotopic (exact) mass is 250 g/mol. The quantitative estimate of drug-likeness (QED) is 0.849. The van der Waals surface area contributed by atoms with Gasteiger partial charge in [0.15, 0.2) is 0 Å². The van der Waals surface area contributed by atoms with Gasteiger partial charge in [-0.3, -0.25) is 0 Å². The van der Waals surface area contributed by atoms with Gasteiger partial charge in [-0.05, 0) is 31.0 Å². The minimum absolute atomic E-state index is 0.00903. The minimum Gasteiger partial charge on any atom is -0.496 e. The largest absolute Gasteiger partial charge is 0.496 e. The average Bonchev–Trinajstić information content (AvgIpc) is 2.41. The van der Waals surface area contributed by atoms with Crippen LogP contribution in [0, 0.1) is 13.8 Å². The second-order valence-electron chi connectivity index (χ2n) is 4.82. The van der Waals surface area contributed by atoms with Crippen LogP contribution in [0.3, 0.4) is 0 Å². The number of morpholine rings is 1. The molecule has 0 aliphatic carbocycles. The normalized spacial score (nSPS) is 21.7. The topological polar surface area (TPSA) is 56.5 Å². The molecule has 1 aromatic carbocycles. The molecule has 1 aliphatic heterocycles. The molecule has 0 spiro atoms. The standard InChI is InChI=1S/C14H22N2O2/c1-9-6-11(12(17-3)7-10(9)2)14(15)13-8-16-4-5-18-13/h6-7,13-14,16H,4-5,8,15H2,1-3H3. The third-order valence-corrected chi connectivity index (χ3v) is 3.56. The fraction of sp³-hybridized carbons (Fsp3) is 0.571. The van der Waals surface area contributed by atoms with Crippen molar-refractivity contribution in [2.24, 2.45) is 5.73 Å². The third kappa shape index (κ3) is 2.66. The van der Waals surface area contributed by atoms with E-state index in [1.807, 2.05) is 6.07 Å². The van der Waals surface area contributed by atoms with Crippen molar-refractivity contribution in [3.05, 3.63) is 28.8 Å². The highest BCUT2D eigenvalue weighted by molar-refractivity contribution is 5.43. The van der Waals surface area contributed by atoms with E-state index < -0.39 is 0 Å². The van der Waals surface area contributed by atoms with Crippen LogP contribution in [-0.2, 0) is 4.74 Å². The Morgan fingerprint density at radius 2 is 2.11 bits per heavy atom. The second kappa shape index (κ2) is 5.69. The molecule has 0 saturated carbocycles. The molecule has 1 aliphatic rings. The summed E-state index contributed by atoms with van der Waals surface area (Å²) in [6.07, 6.45) is 0.00903. The van der Waals surface area contributed by atoms with Gasteiger partial charge in [0.05, 0.1) is 25.9 Å². The summed E-state index contributed by atoms with van der Waals surface area (Å²) in [6.45, 7) is 6.56. The Kier molecular flexibility index (Phi) is 4.22. The molecule has 3 N–H and O–H groups in total. The fourth-order valence-electron chi connectivity index (χ4n) is 2.27. The van der Waals surface area contributed by atoms with Crippen LogP contribution in [0.25, 0.3) is 0 Å². The van der Waals surface area contributed by atoms with E-state index >= 15 is 0 Å². The van der Waals surface area contributed by atoms with E-state index in [0.29, 0.717) is 6.61 Å². The molecule has 0 bridgehead atoms. The Labute approximate surface area is 108 Å². The van der Waals surface area contributed by atoms with Crippen LogP contribution < -0.4 is 15.8 Å². The molecular formula is C14H22N2O2. The van der Waals surface area contributed by atoms with Crippen molar-refractivity contribution in [1.29, 1.82) is 0 Å². The molecule has 100 valence electrons. The molecule has 2 rings (SSSR count). The zero-order chi connectivity index (χ0) is 13.1. The van der Waals surface area contributed by atoms with E-state index in [4.69, 9.17) is 15.2 Å². The SMILES string of the molecule is COc1cc(C)c(C)cc1C(N)C1CNCCO1. The number of nitrogens with two attached hydrogens (primary N) is 1. The first kappa shape index (κ1) is 13.3. The molecule has 0 amide bonds. The van der Waals surface area contributed by atoms with Gasteiger partial charge >= 0.3 is 0 Å². The molecule has 1 heterocycles. The molecule has 0 aromatic heterocycles. The van der Waals surface area contributed by atoms with Crippen molar-refractivity contribution in [1.82, 2.24) is 5.32 Å². The lowest BCUT2D eigenvalue weighted by molar-refractivity contribution is 0.0118. The number of rotatable bonds is 3. The lowest BCUT2D eigenvalue weighted by Crippen LogP contribution is -2.44. The van der Waals surface area contributed by atoms with Crippen LogP contribution in [0.4, 0.5) is 0 Å². The molecule has 2 unspecified atom stereocenters. The zero-order valence-electron chi connectivity index (χ0n) is 11.3. The minimum atomic E-state index is -0.160. The summed E-state index contributed by atoms with van der Waals surface area (Å²) in [5.41, 5.74) is 9.78. The van der Waals surface area contributed by atoms with E-state index in [1.54, 1.807) is 7.11 Å². The molecule has 1 fully saturated rings. The summed E-state index contributed by atoms with van der Waals surface area (Å²) >= 11 is 0. The number of benzene rings is 1. The predicted octanol–water partition coefficient (Wildman–Crippen LogP) is 1.30. The maximum absolute atomic E-state index is 6.32. The first-order valence-electron chi connectivity index (χ1n) is 6.36. The summed E-state index contributed by atoms with van der Waals surface area (Å²) in [4.78, 5) is 0. The molecule has 1 saturated heterocycles. The highest BCUT2D eigenvalue weighted by Gasteiger charge is 2.25. The lowest BCUT2D eigenvalue weighted by atomic mass is 9.96.